The minimum absolute atomic E-state index is 0.135. The van der Waals surface area contributed by atoms with Crippen LogP contribution >= 0.6 is 0 Å². The van der Waals surface area contributed by atoms with Crippen molar-refractivity contribution in [2.75, 3.05) is 0 Å². The highest BCUT2D eigenvalue weighted by Gasteiger charge is 2.30. The van der Waals surface area contributed by atoms with Gasteiger partial charge in [-0.3, -0.25) is 0 Å². The minimum Gasteiger partial charge on any atom is -0.480 e. The number of nitrogens with zero attached hydrogens (tertiary/aromatic N) is 3. The van der Waals surface area contributed by atoms with Crippen LogP contribution in [0.3, 0.4) is 0 Å². The van der Waals surface area contributed by atoms with E-state index in [1.165, 1.54) is 11.0 Å². The van der Waals surface area contributed by atoms with Gasteiger partial charge in [-0.2, -0.15) is 5.10 Å². The molecule has 1 rings (SSSR count). The summed E-state index contributed by atoms with van der Waals surface area (Å²) in [6.07, 6.45) is 0.683. The van der Waals surface area contributed by atoms with Crippen molar-refractivity contribution in [2.45, 2.75) is 65.1 Å². The number of hydrogen-bond acceptors (Lipinski definition) is 5. The maximum atomic E-state index is 11.8. The summed E-state index contributed by atoms with van der Waals surface area (Å²) in [5.74, 6) is -0.413. The van der Waals surface area contributed by atoms with Gasteiger partial charge in [0.05, 0.1) is 6.04 Å². The maximum absolute atomic E-state index is 11.8. The normalized spacial score (nSPS) is 14.5. The van der Waals surface area contributed by atoms with Crippen LogP contribution in [0.5, 0.6) is 0 Å². The molecule has 2 atom stereocenters. The zero-order valence-corrected chi connectivity index (χ0v) is 13.8. The fourth-order valence-electron chi connectivity index (χ4n) is 1.72. The molecule has 0 radical (unpaired) electrons. The number of carboxylic acid groups (broad SMARTS) is 1. The van der Waals surface area contributed by atoms with Gasteiger partial charge in [-0.25, -0.2) is 19.3 Å². The van der Waals surface area contributed by atoms with Crippen molar-refractivity contribution < 1.29 is 19.4 Å². The van der Waals surface area contributed by atoms with Crippen molar-refractivity contribution in [3.8, 4) is 0 Å². The smallest absolute Gasteiger partial charge is 0.408 e. The molecule has 0 fully saturated rings. The van der Waals surface area contributed by atoms with E-state index in [0.29, 0.717) is 5.82 Å². The van der Waals surface area contributed by atoms with Crippen LogP contribution in [0, 0.1) is 0 Å². The third-order valence-electron chi connectivity index (χ3n) is 2.88. The molecule has 22 heavy (non-hydrogen) atoms. The molecule has 8 heteroatoms. The molecule has 0 aliphatic heterocycles. The Kier molecular flexibility index (Phi) is 5.51. The Hall–Kier alpha value is -2.12. The number of carbonyl (C=O) groups excluding carboxylic acids is 1. The molecule has 0 saturated heterocycles. The van der Waals surface area contributed by atoms with Crippen molar-refractivity contribution in [1.29, 1.82) is 0 Å². The first kappa shape index (κ1) is 17.9. The van der Waals surface area contributed by atoms with Gasteiger partial charge < -0.3 is 15.2 Å². The summed E-state index contributed by atoms with van der Waals surface area (Å²) in [5.41, 5.74) is -0.700. The van der Waals surface area contributed by atoms with Gasteiger partial charge in [0.1, 0.15) is 11.9 Å². The third kappa shape index (κ3) is 5.01. The van der Waals surface area contributed by atoms with Crippen LogP contribution in [0.25, 0.3) is 0 Å². The van der Waals surface area contributed by atoms with Crippen molar-refractivity contribution in [3.05, 3.63) is 12.2 Å². The van der Waals surface area contributed by atoms with Crippen LogP contribution in [0.1, 0.15) is 59.3 Å². The van der Waals surface area contributed by atoms with Crippen LogP contribution in [0.4, 0.5) is 4.79 Å². The fraction of sp³-hybridized carbons (Fsp3) is 0.714. The SMILES string of the molecule is CC(C)c1ncn(C(C)C(NC(=O)OC(C)(C)C)C(=O)O)n1. The topological polar surface area (TPSA) is 106 Å². The molecule has 0 saturated carbocycles. The monoisotopic (exact) mass is 312 g/mol. The van der Waals surface area contributed by atoms with Gasteiger partial charge in [-0.05, 0) is 27.7 Å². The molecular formula is C14H24N4O4. The first-order chi connectivity index (χ1) is 10.0. The van der Waals surface area contributed by atoms with Crippen LogP contribution in [-0.4, -0.2) is 43.6 Å². The third-order valence-corrected chi connectivity index (χ3v) is 2.88. The standard InChI is InChI=1S/C14H24N4O4/c1-8(2)11-15-7-18(17-11)9(3)10(12(19)20)16-13(21)22-14(4,5)6/h7-10H,1-6H3,(H,16,21)(H,19,20). The van der Waals surface area contributed by atoms with Crippen LogP contribution < -0.4 is 5.32 Å². The van der Waals surface area contributed by atoms with E-state index in [0.717, 1.165) is 0 Å². The molecule has 2 N–H and O–H groups in total. The second-order valence-corrected chi connectivity index (χ2v) is 6.44. The van der Waals surface area contributed by atoms with Gasteiger partial charge in [0, 0.05) is 5.92 Å². The summed E-state index contributed by atoms with van der Waals surface area (Å²) in [5, 5.41) is 15.9. The lowest BCUT2D eigenvalue weighted by molar-refractivity contribution is -0.140. The van der Waals surface area contributed by atoms with Gasteiger partial charge in [-0.15, -0.1) is 0 Å². The van der Waals surface area contributed by atoms with E-state index in [2.05, 4.69) is 15.4 Å². The lowest BCUT2D eigenvalue weighted by Crippen LogP contribution is -2.47. The molecule has 0 spiro atoms. The van der Waals surface area contributed by atoms with Gasteiger partial charge in [0.2, 0.25) is 0 Å². The highest BCUT2D eigenvalue weighted by Crippen LogP contribution is 2.15. The van der Waals surface area contributed by atoms with Crippen molar-refractivity contribution in [3.63, 3.8) is 0 Å². The van der Waals surface area contributed by atoms with E-state index >= 15 is 0 Å². The maximum Gasteiger partial charge on any atom is 0.408 e. The Morgan fingerprint density at radius 2 is 1.91 bits per heavy atom. The Bertz CT molecular complexity index is 533. The molecular weight excluding hydrogens is 288 g/mol. The number of aromatic nitrogens is 3. The van der Waals surface area contributed by atoms with Crippen molar-refractivity contribution >= 4 is 12.1 Å². The number of aliphatic carboxylic acids is 1. The predicted octanol–water partition coefficient (Wildman–Crippen LogP) is 1.94. The Morgan fingerprint density at radius 1 is 1.32 bits per heavy atom. The fourth-order valence-corrected chi connectivity index (χ4v) is 1.72. The van der Waals surface area contributed by atoms with Crippen LogP contribution in [0.15, 0.2) is 6.33 Å². The zero-order chi connectivity index (χ0) is 17.1. The molecule has 0 aromatic carbocycles. The molecule has 0 bridgehead atoms. The van der Waals surface area contributed by atoms with Crippen LogP contribution in [0.2, 0.25) is 0 Å². The molecule has 1 heterocycles. The Morgan fingerprint density at radius 3 is 2.32 bits per heavy atom. The number of carbonyl (C=O) groups is 2. The average Bonchev–Trinajstić information content (AvgIpc) is 2.82. The summed E-state index contributed by atoms with van der Waals surface area (Å²) in [7, 11) is 0. The number of nitrogens with one attached hydrogen (secondary N) is 1. The summed E-state index contributed by atoms with van der Waals surface area (Å²) < 4.78 is 6.53. The van der Waals surface area contributed by atoms with E-state index in [9.17, 15) is 14.7 Å². The van der Waals surface area contributed by atoms with E-state index in [-0.39, 0.29) is 5.92 Å². The van der Waals surface area contributed by atoms with Crippen molar-refractivity contribution in [2.24, 2.45) is 0 Å². The first-order valence-electron chi connectivity index (χ1n) is 7.14. The molecule has 1 aromatic rings. The zero-order valence-electron chi connectivity index (χ0n) is 13.8. The Balaban J connectivity index is 2.85. The van der Waals surface area contributed by atoms with E-state index in [1.807, 2.05) is 13.8 Å². The average molecular weight is 312 g/mol. The molecule has 2 unspecified atom stereocenters. The largest absolute Gasteiger partial charge is 0.480 e. The predicted molar refractivity (Wildman–Crippen MR) is 79.6 cm³/mol. The van der Waals surface area contributed by atoms with E-state index < -0.39 is 29.7 Å². The Labute approximate surface area is 129 Å². The number of rotatable bonds is 5. The van der Waals surface area contributed by atoms with E-state index in [1.54, 1.807) is 27.7 Å². The number of ether oxygens (including phenoxy) is 1. The number of alkyl carbamates (subject to hydrolysis) is 1. The number of amides is 1. The lowest BCUT2D eigenvalue weighted by Gasteiger charge is -2.24. The van der Waals surface area contributed by atoms with Crippen LogP contribution in [-0.2, 0) is 9.53 Å². The first-order valence-corrected chi connectivity index (χ1v) is 7.14. The highest BCUT2D eigenvalue weighted by atomic mass is 16.6. The highest BCUT2D eigenvalue weighted by molar-refractivity contribution is 5.80. The quantitative estimate of drug-likeness (QED) is 0.860. The molecule has 0 aliphatic rings. The van der Waals surface area contributed by atoms with Crippen molar-refractivity contribution in [1.82, 2.24) is 20.1 Å². The molecule has 0 aliphatic carbocycles. The number of carboxylic acids is 1. The molecule has 8 nitrogen and oxygen atoms in total. The van der Waals surface area contributed by atoms with E-state index in [4.69, 9.17) is 4.74 Å². The second kappa shape index (κ2) is 6.76. The summed E-state index contributed by atoms with van der Waals surface area (Å²) >= 11 is 0. The van der Waals surface area contributed by atoms with Gasteiger partial charge in [0.25, 0.3) is 0 Å². The van der Waals surface area contributed by atoms with Gasteiger partial charge in [-0.1, -0.05) is 13.8 Å². The molecule has 124 valence electrons. The van der Waals surface area contributed by atoms with Gasteiger partial charge >= 0.3 is 12.1 Å². The second-order valence-electron chi connectivity index (χ2n) is 6.44. The lowest BCUT2D eigenvalue weighted by atomic mass is 10.1. The molecule has 1 amide bonds. The molecule has 1 aromatic heterocycles. The summed E-state index contributed by atoms with van der Waals surface area (Å²) in [6.45, 7) is 10.7. The number of hydrogen-bond donors (Lipinski definition) is 2. The van der Waals surface area contributed by atoms with Gasteiger partial charge in [0.15, 0.2) is 11.9 Å². The summed E-state index contributed by atoms with van der Waals surface area (Å²) in [4.78, 5) is 27.3. The minimum atomic E-state index is -1.17. The summed E-state index contributed by atoms with van der Waals surface area (Å²) in [6, 6.07) is -1.78.